The van der Waals surface area contributed by atoms with Crippen LogP contribution in [0.3, 0.4) is 0 Å². The average Bonchev–Trinajstić information content (AvgIpc) is 2.80. The highest BCUT2D eigenvalue weighted by atomic mass is 32.2. The molecule has 31 heavy (non-hydrogen) atoms. The van der Waals surface area contributed by atoms with Crippen LogP contribution in [-0.2, 0) is 15.4 Å². The Morgan fingerprint density at radius 1 is 1.10 bits per heavy atom. The van der Waals surface area contributed by atoms with Gasteiger partial charge in [-0.1, -0.05) is 28.9 Å². The summed E-state index contributed by atoms with van der Waals surface area (Å²) in [6.45, 7) is 1.88. The predicted molar refractivity (Wildman–Crippen MR) is 126 cm³/mol. The van der Waals surface area contributed by atoms with Crippen molar-refractivity contribution in [2.45, 2.75) is 17.7 Å². The maximum absolute atomic E-state index is 8.45. The number of methoxy groups -OCH3 is 1. The maximum atomic E-state index is 8.45. The fourth-order valence-corrected chi connectivity index (χ4v) is 4.55. The summed E-state index contributed by atoms with van der Waals surface area (Å²) in [6, 6.07) is 15.9. The van der Waals surface area contributed by atoms with Crippen molar-refractivity contribution in [3.8, 4) is 16.9 Å². The first kappa shape index (κ1) is 21.3. The second kappa shape index (κ2) is 10.4. The monoisotopic (exact) mass is 437 g/mol. The van der Waals surface area contributed by atoms with Gasteiger partial charge in [0, 0.05) is 41.8 Å². The topological polar surface area (TPSA) is 92.2 Å². The number of aromatic nitrogens is 2. The van der Waals surface area contributed by atoms with Crippen LogP contribution < -0.4 is 15.4 Å². The Bertz CT molecular complexity index is 1040. The zero-order valence-electron chi connectivity index (χ0n) is 17.6. The van der Waals surface area contributed by atoms with E-state index in [4.69, 9.17) is 19.2 Å². The summed E-state index contributed by atoms with van der Waals surface area (Å²) in [6.07, 6.45) is 3.83. The molecule has 7 nitrogen and oxygen atoms in total. The summed E-state index contributed by atoms with van der Waals surface area (Å²) in [4.78, 5) is 10.3. The van der Waals surface area contributed by atoms with E-state index in [1.54, 1.807) is 7.11 Å². The first-order valence-electron chi connectivity index (χ1n) is 10.4. The molecule has 0 fully saturated rings. The second-order valence-corrected chi connectivity index (χ2v) is 8.86. The summed E-state index contributed by atoms with van der Waals surface area (Å²) in [5, 5.41) is 6.76. The molecule has 3 N–H and O–H groups in total. The Hall–Kier alpha value is -2.97. The summed E-state index contributed by atoms with van der Waals surface area (Å²) in [5.41, 5.74) is 2.86. The van der Waals surface area contributed by atoms with Crippen molar-refractivity contribution in [1.29, 1.82) is 4.78 Å². The minimum absolute atomic E-state index is 0.507. The van der Waals surface area contributed by atoms with Crippen LogP contribution in [0.25, 0.3) is 11.1 Å². The van der Waals surface area contributed by atoms with Gasteiger partial charge in [0.1, 0.15) is 18.2 Å². The molecule has 0 amide bonds. The number of fused-ring (bicyclic) bond motifs is 4. The van der Waals surface area contributed by atoms with E-state index in [1.165, 1.54) is 0 Å². The van der Waals surface area contributed by atoms with Crippen molar-refractivity contribution in [2.75, 3.05) is 43.3 Å². The molecule has 1 atom stereocenters. The smallest absolute Gasteiger partial charge is 0.229 e. The third-order valence-electron chi connectivity index (χ3n) is 4.95. The van der Waals surface area contributed by atoms with Gasteiger partial charge in [-0.2, -0.15) is 4.98 Å². The molecule has 0 radical (unpaired) electrons. The molecule has 4 rings (SSSR count). The van der Waals surface area contributed by atoms with Crippen LogP contribution >= 0.6 is 0 Å². The summed E-state index contributed by atoms with van der Waals surface area (Å²) < 4.78 is 19.1. The molecule has 162 valence electrons. The van der Waals surface area contributed by atoms with Gasteiger partial charge in [-0.15, -0.1) is 0 Å². The molecule has 0 spiro atoms. The van der Waals surface area contributed by atoms with Crippen LogP contribution in [0.2, 0.25) is 0 Å². The zero-order valence-corrected chi connectivity index (χ0v) is 18.4. The Labute approximate surface area is 185 Å². The molecule has 0 saturated heterocycles. The van der Waals surface area contributed by atoms with Gasteiger partial charge in [0.05, 0.1) is 6.61 Å². The van der Waals surface area contributed by atoms with Crippen LogP contribution in [0.1, 0.15) is 12.8 Å². The minimum Gasteiger partial charge on any atom is -0.491 e. The molecule has 2 aromatic carbocycles. The van der Waals surface area contributed by atoms with Gasteiger partial charge in [0.25, 0.3) is 0 Å². The number of nitrogens with one attached hydrogen (secondary N) is 3. The van der Waals surface area contributed by atoms with Gasteiger partial charge in [0.15, 0.2) is 0 Å². The number of ether oxygens (including phenoxy) is 2. The molecule has 0 saturated carbocycles. The van der Waals surface area contributed by atoms with Crippen LogP contribution in [0.5, 0.6) is 5.75 Å². The van der Waals surface area contributed by atoms with E-state index in [0.717, 1.165) is 58.4 Å². The van der Waals surface area contributed by atoms with E-state index in [1.807, 2.05) is 54.7 Å². The number of benzene rings is 2. The van der Waals surface area contributed by atoms with E-state index in [9.17, 15) is 0 Å². The highest BCUT2D eigenvalue weighted by Gasteiger charge is 2.12. The van der Waals surface area contributed by atoms with Crippen LogP contribution in [0, 0.1) is 4.78 Å². The lowest BCUT2D eigenvalue weighted by molar-refractivity contribution is 0.146. The summed E-state index contributed by atoms with van der Waals surface area (Å²) in [7, 11) is 1.15. The van der Waals surface area contributed by atoms with Crippen molar-refractivity contribution in [3.63, 3.8) is 0 Å². The van der Waals surface area contributed by atoms with Gasteiger partial charge in [-0.05, 0) is 48.7 Å². The highest BCUT2D eigenvalue weighted by molar-refractivity contribution is 7.86. The minimum atomic E-state index is -0.507. The van der Waals surface area contributed by atoms with Crippen molar-refractivity contribution >= 4 is 28.1 Å². The molecule has 0 aliphatic carbocycles. The van der Waals surface area contributed by atoms with Gasteiger partial charge in [-0.25, -0.2) is 4.98 Å². The predicted octanol–water partition coefficient (Wildman–Crippen LogP) is 4.86. The summed E-state index contributed by atoms with van der Waals surface area (Å²) in [5.74, 6) is 3.00. The Balaban J connectivity index is 1.60. The summed E-state index contributed by atoms with van der Waals surface area (Å²) >= 11 is 0. The second-order valence-electron chi connectivity index (χ2n) is 7.20. The van der Waals surface area contributed by atoms with Gasteiger partial charge in [0.2, 0.25) is 5.95 Å². The number of anilines is 3. The molecule has 4 bridgehead atoms. The molecule has 1 aromatic heterocycles. The van der Waals surface area contributed by atoms with E-state index in [-0.39, 0.29) is 0 Å². The van der Waals surface area contributed by atoms with E-state index >= 15 is 0 Å². The first-order valence-corrected chi connectivity index (χ1v) is 11.7. The van der Waals surface area contributed by atoms with Crippen molar-refractivity contribution < 1.29 is 9.47 Å². The first-order chi connectivity index (χ1) is 15.2. The van der Waals surface area contributed by atoms with E-state index in [2.05, 4.69) is 15.6 Å². The van der Waals surface area contributed by atoms with E-state index in [0.29, 0.717) is 19.2 Å². The van der Waals surface area contributed by atoms with Crippen molar-refractivity contribution in [3.05, 3.63) is 54.7 Å². The number of hydrogen-bond donors (Lipinski definition) is 3. The number of rotatable bonds is 5. The van der Waals surface area contributed by atoms with Crippen LogP contribution in [-0.4, -0.2) is 42.6 Å². The van der Waals surface area contributed by atoms with Crippen molar-refractivity contribution in [1.82, 2.24) is 9.97 Å². The fourth-order valence-electron chi connectivity index (χ4n) is 3.31. The molecular weight excluding hydrogens is 410 g/mol. The molecule has 8 heteroatoms. The van der Waals surface area contributed by atoms with E-state index < -0.39 is 10.7 Å². The molecule has 2 heterocycles. The molecular formula is C23H27N5O2S. The highest BCUT2D eigenvalue weighted by Crippen LogP contribution is 2.29. The Morgan fingerprint density at radius 2 is 1.97 bits per heavy atom. The van der Waals surface area contributed by atoms with Gasteiger partial charge < -0.3 is 20.1 Å². The van der Waals surface area contributed by atoms with Gasteiger partial charge in [-0.3, -0.25) is 4.78 Å². The lowest BCUT2D eigenvalue weighted by Crippen LogP contribution is -2.08. The number of hydrogen-bond acceptors (Lipinski definition) is 7. The maximum Gasteiger partial charge on any atom is 0.229 e. The van der Waals surface area contributed by atoms with Crippen LogP contribution in [0.15, 0.2) is 59.6 Å². The largest absolute Gasteiger partial charge is 0.491 e. The third kappa shape index (κ3) is 5.59. The normalized spacial score (nSPS) is 16.1. The third-order valence-corrected chi connectivity index (χ3v) is 6.47. The Morgan fingerprint density at radius 3 is 2.81 bits per heavy atom. The fraction of sp³-hybridized carbons (Fsp3) is 0.304. The molecule has 1 aliphatic rings. The molecule has 1 aliphatic heterocycles. The van der Waals surface area contributed by atoms with Crippen molar-refractivity contribution in [2.24, 2.45) is 0 Å². The molecule has 3 aromatic rings. The molecule has 1 unspecified atom stereocenters. The lowest BCUT2D eigenvalue weighted by atomic mass is 10.1. The van der Waals surface area contributed by atoms with Gasteiger partial charge >= 0.3 is 0 Å². The standard InChI is InChI=1S/C23H27N5O2S/c1-29-12-13-30-19-9-7-17(8-10-19)21-16-26-23-27-18-5-4-6-20(15-18)31(24)14-3-2-11-25-22(21)28-23/h4-10,15-16,24H,2-3,11-14H2,1H3,(H2,25,26,27,28). The lowest BCUT2D eigenvalue weighted by Gasteiger charge is -2.13. The van der Waals surface area contributed by atoms with Crippen LogP contribution in [0.4, 0.5) is 17.5 Å². The Kier molecular flexibility index (Phi) is 7.11. The number of nitrogens with zero attached hydrogens (tertiary/aromatic N) is 2. The SMILES string of the molecule is COCCOc1ccc(-c2cnc3nc2NCCCCS(=N)c2cccc(c2)N3)cc1. The zero-order chi connectivity index (χ0) is 21.5. The average molecular weight is 438 g/mol. The quantitative estimate of drug-likeness (QED) is 0.494.